The van der Waals surface area contributed by atoms with Crippen molar-refractivity contribution in [3.8, 4) is 0 Å². The average molecular weight is 1120 g/mol. The van der Waals surface area contributed by atoms with E-state index in [4.69, 9.17) is 30.6 Å². The van der Waals surface area contributed by atoms with E-state index in [1.807, 2.05) is 0 Å². The van der Waals surface area contributed by atoms with Crippen LogP contribution < -0.4 is 71.8 Å². The second kappa shape index (κ2) is 62.5. The Labute approximate surface area is 493 Å². The van der Waals surface area contributed by atoms with Crippen molar-refractivity contribution in [1.29, 1.82) is 0 Å². The summed E-state index contributed by atoms with van der Waals surface area (Å²) in [5.74, 6) is -13.7. The molecule has 0 aromatic heterocycles. The van der Waals surface area contributed by atoms with Crippen LogP contribution >= 0.6 is 0 Å². The molecule has 0 fully saturated rings. The molecule has 0 saturated carbocycles. The van der Waals surface area contributed by atoms with Gasteiger partial charge in [0.2, 0.25) is 0 Å². The zero-order valence-corrected chi connectivity index (χ0v) is 50.8. The Morgan fingerprint density at radius 2 is 0.395 bits per heavy atom. The van der Waals surface area contributed by atoms with E-state index >= 15 is 0 Å². The summed E-state index contributed by atoms with van der Waals surface area (Å²) >= 11 is 0. The standard InChI is InChI=1S/C12H28N.2C10H24N.5C4H4O4.K/c1-5-9-13(10-6-2,11-7-3)12-8-4;2*1-5-8-11(4,9-6-2)10-7-3;5*5-3(6)1-2-4(7)8;/h5-12H2,1-4H3;2*5-10H2,1-4H3;5*1-2H,(H,5,6)(H,7,8);/q3*+1;;;;;;+1/p-4/b;;;4*2-1+;2-1-;. The van der Waals surface area contributed by atoms with E-state index in [9.17, 15) is 68.4 Å². The van der Waals surface area contributed by atoms with Gasteiger partial charge in [-0.15, -0.1) is 0 Å². The molecule has 0 radical (unpaired) electrons. The molecular formula is C52H92KN3O20. The molecule has 0 spiro atoms. The van der Waals surface area contributed by atoms with Crippen LogP contribution in [0.1, 0.15) is 133 Å². The monoisotopic (exact) mass is 1120 g/mol. The van der Waals surface area contributed by atoms with Crippen LogP contribution in [0.3, 0.4) is 0 Å². The third kappa shape index (κ3) is 88.5. The molecule has 0 amide bonds. The van der Waals surface area contributed by atoms with E-state index in [0.717, 1.165) is 0 Å². The maximum atomic E-state index is 9.55. The Balaban J connectivity index is -0.0000000969. The summed E-state index contributed by atoms with van der Waals surface area (Å²) in [5.41, 5.74) is 0. The van der Waals surface area contributed by atoms with Crippen molar-refractivity contribution in [3.63, 3.8) is 0 Å². The van der Waals surface area contributed by atoms with Gasteiger partial charge >= 0.3 is 87.2 Å². The number of quaternary nitrogens is 3. The topological polar surface area (TPSA) is 384 Å². The van der Waals surface area contributed by atoms with Crippen LogP contribution in [0.5, 0.6) is 0 Å². The number of nitrogens with zero attached hydrogens (tertiary/aromatic N) is 3. The molecule has 0 saturated heterocycles. The fourth-order valence-electron chi connectivity index (χ4n) is 7.18. The van der Waals surface area contributed by atoms with E-state index in [2.05, 4.69) is 83.3 Å². The molecule has 0 aliphatic carbocycles. The van der Waals surface area contributed by atoms with Crippen LogP contribution in [0.25, 0.3) is 0 Å². The molecule has 0 aliphatic rings. The molecule has 0 bridgehead atoms. The number of hydrogen-bond acceptors (Lipinski definition) is 14. The minimum absolute atomic E-state index is 0. The quantitative estimate of drug-likeness (QED) is 0.0285. The van der Waals surface area contributed by atoms with Crippen LogP contribution in [0.2, 0.25) is 0 Å². The second-order valence-corrected chi connectivity index (χ2v) is 16.8. The molecule has 436 valence electrons. The van der Waals surface area contributed by atoms with E-state index in [-0.39, 0.29) is 51.4 Å². The largest absolute Gasteiger partial charge is 1.00 e. The predicted octanol–water partition coefficient (Wildman–Crippen LogP) is -1.01. The van der Waals surface area contributed by atoms with E-state index in [1.165, 1.54) is 143 Å². The summed E-state index contributed by atoms with van der Waals surface area (Å²) < 4.78 is 3.94. The molecule has 24 heteroatoms. The normalized spacial score (nSPS) is 10.5. The van der Waals surface area contributed by atoms with Gasteiger partial charge in [0.1, 0.15) is 0 Å². The third-order valence-electron chi connectivity index (χ3n) is 9.19. The van der Waals surface area contributed by atoms with Crippen molar-refractivity contribution >= 4 is 59.7 Å². The second-order valence-electron chi connectivity index (χ2n) is 16.8. The van der Waals surface area contributed by atoms with Gasteiger partial charge < -0.3 is 83.7 Å². The van der Waals surface area contributed by atoms with Crippen LogP contribution in [0.4, 0.5) is 0 Å². The van der Waals surface area contributed by atoms with Crippen molar-refractivity contribution in [3.05, 3.63) is 60.8 Å². The smallest absolute Gasteiger partial charge is 0.545 e. The molecule has 0 rings (SSSR count). The molecule has 0 aromatic carbocycles. The molecule has 6 N–H and O–H groups in total. The van der Waals surface area contributed by atoms with Gasteiger partial charge in [-0.25, -0.2) is 28.8 Å². The van der Waals surface area contributed by atoms with Crippen LogP contribution in [-0.2, 0) is 47.9 Å². The Hall–Kier alpha value is -5.08. The van der Waals surface area contributed by atoms with Crippen molar-refractivity contribution in [2.75, 3.05) is 79.5 Å². The molecule has 0 aromatic rings. The molecule has 0 aliphatic heterocycles. The summed E-state index contributed by atoms with van der Waals surface area (Å²) in [4.78, 5) is 95.0. The Morgan fingerprint density at radius 1 is 0.276 bits per heavy atom. The zero-order chi connectivity index (χ0) is 60.5. The first-order valence-corrected chi connectivity index (χ1v) is 24.9. The molecule has 0 unspecified atom stereocenters. The molecular weight excluding hydrogens is 1030 g/mol. The van der Waals surface area contributed by atoms with Crippen molar-refractivity contribution in [1.82, 2.24) is 0 Å². The molecule has 76 heavy (non-hydrogen) atoms. The Kier molecular flexibility index (Phi) is 74.3. The maximum absolute atomic E-state index is 9.55. The number of hydrogen-bond donors (Lipinski definition) is 6. The SMILES string of the molecule is CCC[N+](C)(CCC)CCC.CCC[N+](C)(CCC)CCC.CCC[N+](CCC)(CCC)CCC.O=C(O)/C=C/C(=O)O.O=C(O)/C=C/C(=O)O.O=C(O)/C=C/C(=O)O.O=C([O-])/C=C/C(=O)[O-].O=C([O-])/C=C\C(=O)[O-].[K+]. The Morgan fingerprint density at radius 3 is 0.474 bits per heavy atom. The summed E-state index contributed by atoms with van der Waals surface area (Å²) in [6, 6.07) is 0. The van der Waals surface area contributed by atoms with Gasteiger partial charge in [0, 0.05) is 36.5 Å². The fourth-order valence-corrected chi connectivity index (χ4v) is 7.18. The number of carboxylic acid groups (broad SMARTS) is 10. The first-order chi connectivity index (χ1) is 34.7. The summed E-state index contributed by atoms with van der Waals surface area (Å²) in [5, 5.41) is 84.5. The third-order valence-corrected chi connectivity index (χ3v) is 9.19. The van der Waals surface area contributed by atoms with Crippen LogP contribution in [-0.4, -0.2) is 183 Å². The molecule has 23 nitrogen and oxygen atoms in total. The number of carbonyl (C=O) groups is 10. The van der Waals surface area contributed by atoms with Gasteiger partial charge in [-0.2, -0.15) is 0 Å². The number of rotatable bonds is 30. The summed E-state index contributed by atoms with van der Waals surface area (Å²) in [7, 11) is 4.77. The van der Waals surface area contributed by atoms with Gasteiger partial charge in [-0.3, -0.25) is 0 Å². The first kappa shape index (κ1) is 90.4. The number of carbonyl (C=O) groups excluding carboxylic acids is 4. The zero-order valence-electron chi connectivity index (χ0n) is 47.7. The minimum Gasteiger partial charge on any atom is -0.545 e. The van der Waals surface area contributed by atoms with Gasteiger partial charge in [-0.1, -0.05) is 69.2 Å². The summed E-state index contributed by atoms with van der Waals surface area (Å²) in [6.07, 6.45) is 18.1. The average Bonchev–Trinajstić information content (AvgIpc) is 3.28. The minimum atomic E-state index is -1.55. The van der Waals surface area contributed by atoms with E-state index in [1.54, 1.807) is 0 Å². The van der Waals surface area contributed by atoms with Crippen LogP contribution in [0.15, 0.2) is 60.8 Å². The fraction of sp³-hybridized carbons (Fsp3) is 0.615. The van der Waals surface area contributed by atoms with Gasteiger partial charge in [0.05, 0.1) is 103 Å². The molecule has 0 atom stereocenters. The van der Waals surface area contributed by atoms with Gasteiger partial charge in [-0.05, 0) is 88.5 Å². The first-order valence-electron chi connectivity index (χ1n) is 24.9. The van der Waals surface area contributed by atoms with Gasteiger partial charge in [0.15, 0.2) is 0 Å². The Bertz CT molecular complexity index is 1360. The van der Waals surface area contributed by atoms with Gasteiger partial charge in [0.25, 0.3) is 0 Å². The van der Waals surface area contributed by atoms with E-state index < -0.39 is 59.7 Å². The number of aliphatic carboxylic acids is 10. The van der Waals surface area contributed by atoms with E-state index in [0.29, 0.717) is 60.8 Å². The van der Waals surface area contributed by atoms with Crippen molar-refractivity contribution < 1.29 is 164 Å². The van der Waals surface area contributed by atoms with Crippen molar-refractivity contribution in [2.24, 2.45) is 0 Å². The number of carboxylic acids is 10. The predicted molar refractivity (Wildman–Crippen MR) is 276 cm³/mol. The van der Waals surface area contributed by atoms with Crippen molar-refractivity contribution in [2.45, 2.75) is 133 Å². The summed E-state index contributed by atoms with van der Waals surface area (Å²) in [6.45, 7) is 36.6. The maximum Gasteiger partial charge on any atom is 1.00 e. The van der Waals surface area contributed by atoms with Crippen LogP contribution in [0, 0.1) is 0 Å². The molecule has 0 heterocycles.